The van der Waals surface area contributed by atoms with Gasteiger partial charge in [0, 0.05) is 12.6 Å². The maximum Gasteiger partial charge on any atom is 0.253 e. The Balaban J connectivity index is 2.15. The molecular weight excluding hydrogens is 262 g/mol. The number of hydrogen-bond acceptors (Lipinski definition) is 2. The highest BCUT2D eigenvalue weighted by Crippen LogP contribution is 2.32. The molecule has 1 amide bonds. The molecule has 0 saturated heterocycles. The highest BCUT2D eigenvalue weighted by Gasteiger charge is 2.31. The first-order chi connectivity index (χ1) is 8.52. The van der Waals surface area contributed by atoms with Crippen LogP contribution < -0.4 is 11.1 Å². The zero-order chi connectivity index (χ0) is 13.3. The van der Waals surface area contributed by atoms with E-state index < -0.39 is 17.5 Å². The predicted octanol–water partition coefficient (Wildman–Crippen LogP) is 2.09. The number of rotatable bonds is 4. The molecule has 0 bridgehead atoms. The van der Waals surface area contributed by atoms with E-state index in [1.165, 1.54) is 0 Å². The van der Waals surface area contributed by atoms with Crippen molar-refractivity contribution in [3.8, 4) is 0 Å². The Morgan fingerprint density at radius 3 is 2.61 bits per heavy atom. The SMILES string of the molecule is NCC(NC(=O)c1cc(F)c(F)cc1Cl)C1CC1. The summed E-state index contributed by atoms with van der Waals surface area (Å²) in [6.45, 7) is 0.317. The van der Waals surface area contributed by atoms with Gasteiger partial charge in [0.2, 0.25) is 0 Å². The van der Waals surface area contributed by atoms with Crippen molar-refractivity contribution in [3.05, 3.63) is 34.4 Å². The fourth-order valence-electron chi connectivity index (χ4n) is 1.81. The van der Waals surface area contributed by atoms with Gasteiger partial charge in [-0.15, -0.1) is 0 Å². The summed E-state index contributed by atoms with van der Waals surface area (Å²) < 4.78 is 26.0. The third-order valence-corrected chi connectivity index (χ3v) is 3.33. The lowest BCUT2D eigenvalue weighted by Crippen LogP contribution is -2.41. The van der Waals surface area contributed by atoms with E-state index in [1.54, 1.807) is 0 Å². The molecule has 1 fully saturated rings. The quantitative estimate of drug-likeness (QED) is 0.826. The standard InChI is InChI=1S/C12H13ClF2N2O/c13-8-4-10(15)9(14)3-7(8)12(18)17-11(5-16)6-1-2-6/h3-4,6,11H,1-2,5,16H2,(H,17,18). The Labute approximate surface area is 108 Å². The van der Waals surface area contributed by atoms with E-state index in [4.69, 9.17) is 17.3 Å². The maximum absolute atomic E-state index is 13.1. The van der Waals surface area contributed by atoms with E-state index >= 15 is 0 Å². The van der Waals surface area contributed by atoms with Gasteiger partial charge in [-0.05, 0) is 30.9 Å². The van der Waals surface area contributed by atoms with Crippen LogP contribution in [0.15, 0.2) is 12.1 Å². The summed E-state index contributed by atoms with van der Waals surface area (Å²) in [6.07, 6.45) is 2.04. The molecule has 0 spiro atoms. The summed E-state index contributed by atoms with van der Waals surface area (Å²) in [5.74, 6) is -2.32. The number of halogens is 3. The molecule has 1 aromatic rings. The van der Waals surface area contributed by atoms with Gasteiger partial charge in [0.05, 0.1) is 10.6 Å². The Morgan fingerprint density at radius 1 is 1.44 bits per heavy atom. The van der Waals surface area contributed by atoms with Crippen molar-refractivity contribution in [1.29, 1.82) is 0 Å². The van der Waals surface area contributed by atoms with Gasteiger partial charge in [0.1, 0.15) is 0 Å². The van der Waals surface area contributed by atoms with Crippen molar-refractivity contribution in [2.24, 2.45) is 11.7 Å². The van der Waals surface area contributed by atoms with Crippen molar-refractivity contribution in [2.75, 3.05) is 6.54 Å². The predicted molar refractivity (Wildman–Crippen MR) is 64.4 cm³/mol. The van der Waals surface area contributed by atoms with Gasteiger partial charge in [-0.2, -0.15) is 0 Å². The van der Waals surface area contributed by atoms with Gasteiger partial charge < -0.3 is 11.1 Å². The second-order valence-corrected chi connectivity index (χ2v) is 4.81. The van der Waals surface area contributed by atoms with Gasteiger partial charge in [0.15, 0.2) is 11.6 Å². The molecule has 1 atom stereocenters. The summed E-state index contributed by atoms with van der Waals surface area (Å²) in [6, 6.07) is 1.45. The van der Waals surface area contributed by atoms with Gasteiger partial charge >= 0.3 is 0 Å². The van der Waals surface area contributed by atoms with Crippen LogP contribution in [0.25, 0.3) is 0 Å². The molecule has 1 aliphatic rings. The normalized spacial score (nSPS) is 16.4. The Bertz CT molecular complexity index is 477. The third-order valence-electron chi connectivity index (χ3n) is 3.02. The van der Waals surface area contributed by atoms with Crippen LogP contribution in [-0.4, -0.2) is 18.5 Å². The first-order valence-electron chi connectivity index (χ1n) is 5.68. The number of hydrogen-bond donors (Lipinski definition) is 2. The third kappa shape index (κ3) is 2.79. The number of amides is 1. The van der Waals surface area contributed by atoms with Crippen molar-refractivity contribution in [3.63, 3.8) is 0 Å². The maximum atomic E-state index is 13.1. The second kappa shape index (κ2) is 5.20. The van der Waals surface area contributed by atoms with Gasteiger partial charge in [-0.1, -0.05) is 11.6 Å². The Morgan fingerprint density at radius 2 is 2.06 bits per heavy atom. The second-order valence-electron chi connectivity index (χ2n) is 4.40. The summed E-state index contributed by atoms with van der Waals surface area (Å²) in [5.41, 5.74) is 5.48. The van der Waals surface area contributed by atoms with Gasteiger partial charge in [-0.3, -0.25) is 4.79 Å². The molecule has 0 radical (unpaired) electrons. The molecule has 0 heterocycles. The zero-order valence-corrected chi connectivity index (χ0v) is 10.3. The van der Waals surface area contributed by atoms with Crippen LogP contribution in [0.4, 0.5) is 8.78 Å². The summed E-state index contributed by atoms with van der Waals surface area (Å²) in [4.78, 5) is 11.9. The van der Waals surface area contributed by atoms with Crippen molar-refractivity contribution in [2.45, 2.75) is 18.9 Å². The lowest BCUT2D eigenvalue weighted by atomic mass is 10.1. The van der Waals surface area contributed by atoms with Crippen LogP contribution in [0, 0.1) is 17.6 Å². The number of nitrogens with two attached hydrogens (primary N) is 1. The molecule has 1 aromatic carbocycles. The lowest BCUT2D eigenvalue weighted by molar-refractivity contribution is 0.0933. The van der Waals surface area contributed by atoms with Crippen LogP contribution in [0.5, 0.6) is 0 Å². The molecule has 6 heteroatoms. The minimum atomic E-state index is -1.10. The molecule has 3 N–H and O–H groups in total. The highest BCUT2D eigenvalue weighted by molar-refractivity contribution is 6.33. The fourth-order valence-corrected chi connectivity index (χ4v) is 2.05. The number of carbonyl (C=O) groups is 1. The Kier molecular flexibility index (Phi) is 3.82. The molecule has 18 heavy (non-hydrogen) atoms. The molecule has 2 rings (SSSR count). The minimum Gasteiger partial charge on any atom is -0.348 e. The van der Waals surface area contributed by atoms with Crippen LogP contribution in [0.2, 0.25) is 5.02 Å². The van der Waals surface area contributed by atoms with Crippen LogP contribution in [-0.2, 0) is 0 Å². The van der Waals surface area contributed by atoms with E-state index in [1.807, 2.05) is 0 Å². The van der Waals surface area contributed by atoms with Crippen LogP contribution >= 0.6 is 11.6 Å². The fraction of sp³-hybridized carbons (Fsp3) is 0.417. The molecule has 3 nitrogen and oxygen atoms in total. The minimum absolute atomic E-state index is 0.0744. The average Bonchev–Trinajstić information content (AvgIpc) is 3.14. The molecule has 1 saturated carbocycles. The molecule has 1 aliphatic carbocycles. The summed E-state index contributed by atoms with van der Waals surface area (Å²) in [5, 5.41) is 2.58. The van der Waals surface area contributed by atoms with E-state index in [9.17, 15) is 13.6 Å². The van der Waals surface area contributed by atoms with Crippen molar-refractivity contribution in [1.82, 2.24) is 5.32 Å². The zero-order valence-electron chi connectivity index (χ0n) is 9.55. The largest absolute Gasteiger partial charge is 0.348 e. The number of benzene rings is 1. The first kappa shape index (κ1) is 13.2. The van der Waals surface area contributed by atoms with E-state index in [0.29, 0.717) is 12.5 Å². The van der Waals surface area contributed by atoms with Crippen LogP contribution in [0.3, 0.4) is 0 Å². The number of nitrogens with one attached hydrogen (secondary N) is 1. The number of carbonyl (C=O) groups excluding carboxylic acids is 1. The van der Waals surface area contributed by atoms with Crippen LogP contribution in [0.1, 0.15) is 23.2 Å². The topological polar surface area (TPSA) is 55.1 Å². The summed E-state index contributed by atoms with van der Waals surface area (Å²) >= 11 is 5.72. The smallest absolute Gasteiger partial charge is 0.253 e. The molecule has 98 valence electrons. The average molecular weight is 275 g/mol. The first-order valence-corrected chi connectivity index (χ1v) is 6.06. The van der Waals surface area contributed by atoms with E-state index in [2.05, 4.69) is 5.32 Å². The molecule has 1 unspecified atom stereocenters. The van der Waals surface area contributed by atoms with Gasteiger partial charge in [0.25, 0.3) is 5.91 Å². The van der Waals surface area contributed by atoms with E-state index in [-0.39, 0.29) is 16.6 Å². The molecular formula is C12H13ClF2N2O. The van der Waals surface area contributed by atoms with Gasteiger partial charge in [-0.25, -0.2) is 8.78 Å². The van der Waals surface area contributed by atoms with Crippen molar-refractivity contribution >= 4 is 17.5 Å². The lowest BCUT2D eigenvalue weighted by Gasteiger charge is -2.16. The summed E-state index contributed by atoms with van der Waals surface area (Å²) in [7, 11) is 0. The highest BCUT2D eigenvalue weighted by atomic mass is 35.5. The molecule has 0 aromatic heterocycles. The van der Waals surface area contributed by atoms with Crippen molar-refractivity contribution < 1.29 is 13.6 Å². The Hall–Kier alpha value is -1.20. The van der Waals surface area contributed by atoms with E-state index in [0.717, 1.165) is 25.0 Å². The molecule has 0 aliphatic heterocycles. The monoisotopic (exact) mass is 274 g/mol.